The molecule has 1 atom stereocenters. The summed E-state index contributed by atoms with van der Waals surface area (Å²) in [5, 5.41) is 0. The van der Waals surface area contributed by atoms with Crippen LogP contribution in [0.1, 0.15) is 0 Å². The lowest BCUT2D eigenvalue weighted by molar-refractivity contribution is 0.548. The third kappa shape index (κ3) is 2.10. The summed E-state index contributed by atoms with van der Waals surface area (Å²) in [5.74, 6) is 0.281. The number of nitrogens with zero attached hydrogens (tertiary/aromatic N) is 2. The minimum Gasteiger partial charge on any atom is -0.378 e. The summed E-state index contributed by atoms with van der Waals surface area (Å²) in [6, 6.07) is 0. The second-order valence-corrected chi connectivity index (χ2v) is 2.50. The summed E-state index contributed by atoms with van der Waals surface area (Å²) in [5.41, 5.74) is 0. The lowest BCUT2D eigenvalue weighted by Crippen LogP contribution is -1.98. The molecule has 5 heteroatoms. The Labute approximate surface area is 60.9 Å². The normalized spacial score (nSPS) is 12.5. The van der Waals surface area contributed by atoms with E-state index in [0.29, 0.717) is 0 Å². The molecular weight excluding hydrogens is 152 g/mol. The molecule has 0 aliphatic carbocycles. The molecule has 1 unspecified atom stereocenters. The molecule has 0 aliphatic rings. The molecule has 0 amide bonds. The van der Waals surface area contributed by atoms with E-state index >= 15 is 0 Å². The highest BCUT2D eigenvalue weighted by Crippen LogP contribution is 2.00. The van der Waals surface area contributed by atoms with Crippen LogP contribution in [0.2, 0.25) is 0 Å². The topological polar surface area (TPSA) is 52.1 Å². The zero-order valence-electron chi connectivity index (χ0n) is 5.35. The van der Waals surface area contributed by atoms with Crippen molar-refractivity contribution < 1.29 is 8.39 Å². The Morgan fingerprint density at radius 1 is 1.60 bits per heavy atom. The first-order valence-electron chi connectivity index (χ1n) is 2.57. The van der Waals surface area contributed by atoms with Gasteiger partial charge in [0.2, 0.25) is 17.0 Å². The number of aromatic nitrogens is 2. The molecular formula is C5H6N2O2S. The third-order valence-electron chi connectivity index (χ3n) is 0.742. The third-order valence-corrected chi connectivity index (χ3v) is 1.15. The molecule has 1 aromatic rings. The van der Waals surface area contributed by atoms with Crippen LogP contribution in [0.25, 0.3) is 0 Å². The Bertz CT molecular complexity index is 226. The number of hydrogen-bond donors (Lipinski definition) is 0. The maximum absolute atomic E-state index is 10.4. The predicted molar refractivity (Wildman–Crippen MR) is 36.7 cm³/mol. The van der Waals surface area contributed by atoms with Gasteiger partial charge < -0.3 is 4.18 Å². The average molecular weight is 158 g/mol. The van der Waals surface area contributed by atoms with Crippen LogP contribution >= 0.6 is 0 Å². The van der Waals surface area contributed by atoms with Crippen molar-refractivity contribution in [1.29, 1.82) is 0 Å². The van der Waals surface area contributed by atoms with E-state index in [1.54, 1.807) is 0 Å². The highest BCUT2D eigenvalue weighted by molar-refractivity contribution is 7.79. The van der Waals surface area contributed by atoms with Gasteiger partial charge in [0.15, 0.2) is 0 Å². The van der Waals surface area contributed by atoms with Crippen molar-refractivity contribution in [2.24, 2.45) is 0 Å². The van der Waals surface area contributed by atoms with Crippen molar-refractivity contribution in [3.63, 3.8) is 0 Å². The first kappa shape index (κ1) is 7.14. The monoisotopic (exact) mass is 158 g/mol. The Morgan fingerprint density at radius 3 is 2.90 bits per heavy atom. The number of hydrogen-bond acceptors (Lipinski definition) is 4. The van der Waals surface area contributed by atoms with Crippen LogP contribution in [-0.2, 0) is 11.1 Å². The average Bonchev–Trinajstić information content (AvgIpc) is 1.88. The van der Waals surface area contributed by atoms with Gasteiger partial charge in [-0.25, -0.2) is 9.19 Å². The van der Waals surface area contributed by atoms with Gasteiger partial charge in [-0.15, -0.1) is 0 Å². The van der Waals surface area contributed by atoms with Crippen LogP contribution < -0.4 is 4.18 Å². The lowest BCUT2D eigenvalue weighted by atomic mass is 10.7. The summed E-state index contributed by atoms with van der Waals surface area (Å²) < 4.78 is 15.1. The van der Waals surface area contributed by atoms with Gasteiger partial charge in [-0.1, -0.05) is 0 Å². The Balaban J connectivity index is 2.67. The second-order valence-electron chi connectivity index (χ2n) is 1.53. The fourth-order valence-corrected chi connectivity index (χ4v) is 0.775. The first-order valence-corrected chi connectivity index (χ1v) is 4.05. The van der Waals surface area contributed by atoms with Gasteiger partial charge in [-0.3, -0.25) is 4.98 Å². The molecule has 0 radical (unpaired) electrons. The van der Waals surface area contributed by atoms with Crippen molar-refractivity contribution in [1.82, 2.24) is 9.97 Å². The van der Waals surface area contributed by atoms with E-state index in [4.69, 9.17) is 4.18 Å². The van der Waals surface area contributed by atoms with Gasteiger partial charge in [-0.2, -0.15) is 0 Å². The van der Waals surface area contributed by atoms with Crippen LogP contribution in [0.15, 0.2) is 18.6 Å². The fraction of sp³-hybridized carbons (Fsp3) is 0.200. The molecule has 0 bridgehead atoms. The molecule has 0 N–H and O–H groups in total. The molecule has 1 heterocycles. The van der Waals surface area contributed by atoms with Crippen molar-refractivity contribution in [3.8, 4) is 5.88 Å². The van der Waals surface area contributed by atoms with E-state index in [1.165, 1.54) is 24.8 Å². The van der Waals surface area contributed by atoms with Crippen LogP contribution in [-0.4, -0.2) is 20.4 Å². The lowest BCUT2D eigenvalue weighted by Gasteiger charge is -1.95. The smallest absolute Gasteiger partial charge is 0.249 e. The predicted octanol–water partition coefficient (Wildman–Crippen LogP) is 0.149. The SMILES string of the molecule is CS(=O)Oc1cnccn1. The first-order chi connectivity index (χ1) is 4.79. The van der Waals surface area contributed by atoms with Crippen LogP contribution in [0.4, 0.5) is 0 Å². The molecule has 1 rings (SSSR count). The zero-order chi connectivity index (χ0) is 7.40. The minimum absolute atomic E-state index is 0.281. The summed E-state index contributed by atoms with van der Waals surface area (Å²) in [7, 11) is 0. The maximum Gasteiger partial charge on any atom is 0.249 e. The Hall–Kier alpha value is -0.970. The van der Waals surface area contributed by atoms with Gasteiger partial charge in [0, 0.05) is 18.6 Å². The van der Waals surface area contributed by atoms with Gasteiger partial charge in [-0.05, 0) is 0 Å². The van der Waals surface area contributed by atoms with E-state index in [2.05, 4.69) is 9.97 Å². The quantitative estimate of drug-likeness (QED) is 0.614. The highest BCUT2D eigenvalue weighted by Gasteiger charge is 1.94. The molecule has 4 nitrogen and oxygen atoms in total. The van der Waals surface area contributed by atoms with Crippen LogP contribution in [0.5, 0.6) is 5.88 Å². The molecule has 0 saturated heterocycles. The van der Waals surface area contributed by atoms with Crippen molar-refractivity contribution >= 4 is 11.1 Å². The standard InChI is InChI=1S/C5H6N2O2S/c1-10(8)9-5-4-6-2-3-7-5/h2-4H,1H3. The zero-order valence-corrected chi connectivity index (χ0v) is 6.17. The van der Waals surface area contributed by atoms with Gasteiger partial charge >= 0.3 is 0 Å². The summed E-state index contributed by atoms with van der Waals surface area (Å²) in [4.78, 5) is 7.46. The van der Waals surface area contributed by atoms with Gasteiger partial charge in [0.1, 0.15) is 0 Å². The van der Waals surface area contributed by atoms with E-state index < -0.39 is 11.1 Å². The van der Waals surface area contributed by atoms with Crippen molar-refractivity contribution in [3.05, 3.63) is 18.6 Å². The van der Waals surface area contributed by atoms with Gasteiger partial charge in [0.25, 0.3) is 0 Å². The summed E-state index contributed by atoms with van der Waals surface area (Å²) in [6.45, 7) is 0. The molecule has 54 valence electrons. The number of rotatable bonds is 2. The molecule has 0 aliphatic heterocycles. The highest BCUT2D eigenvalue weighted by atomic mass is 32.2. The summed E-state index contributed by atoms with van der Waals surface area (Å²) >= 11 is -1.32. The maximum atomic E-state index is 10.4. The molecule has 0 aromatic carbocycles. The summed E-state index contributed by atoms with van der Waals surface area (Å²) in [6.07, 6.45) is 5.82. The van der Waals surface area contributed by atoms with Crippen molar-refractivity contribution in [2.75, 3.05) is 6.26 Å². The van der Waals surface area contributed by atoms with Gasteiger partial charge in [0.05, 0.1) is 6.20 Å². The van der Waals surface area contributed by atoms with Crippen molar-refractivity contribution in [2.45, 2.75) is 0 Å². The molecule has 0 fully saturated rings. The second kappa shape index (κ2) is 3.26. The Morgan fingerprint density at radius 2 is 2.40 bits per heavy atom. The van der Waals surface area contributed by atoms with E-state index in [0.717, 1.165) is 0 Å². The van der Waals surface area contributed by atoms with Crippen LogP contribution in [0, 0.1) is 0 Å². The molecule has 0 saturated carbocycles. The largest absolute Gasteiger partial charge is 0.378 e. The molecule has 1 aromatic heterocycles. The van der Waals surface area contributed by atoms with E-state index in [-0.39, 0.29) is 5.88 Å². The fourth-order valence-electron chi connectivity index (χ4n) is 0.449. The van der Waals surface area contributed by atoms with E-state index in [9.17, 15) is 4.21 Å². The van der Waals surface area contributed by atoms with Crippen LogP contribution in [0.3, 0.4) is 0 Å². The molecule has 0 spiro atoms. The minimum atomic E-state index is -1.32. The Kier molecular flexibility index (Phi) is 2.33. The molecule has 10 heavy (non-hydrogen) atoms. The van der Waals surface area contributed by atoms with E-state index in [1.807, 2.05) is 0 Å².